The van der Waals surface area contributed by atoms with Gasteiger partial charge in [-0.25, -0.2) is 0 Å². The molecular formula is C7H7N3OS. The summed E-state index contributed by atoms with van der Waals surface area (Å²) >= 11 is 1.37. The number of thiophene rings is 1. The Morgan fingerprint density at radius 1 is 1.75 bits per heavy atom. The van der Waals surface area contributed by atoms with Crippen LogP contribution in [-0.4, -0.2) is 5.78 Å². The molecule has 0 saturated carbocycles. The van der Waals surface area contributed by atoms with Gasteiger partial charge in [0, 0.05) is 9.79 Å². The van der Waals surface area contributed by atoms with Crippen LogP contribution in [0.1, 0.15) is 21.5 Å². The quantitative estimate of drug-likeness (QED) is 0.306. The lowest BCUT2D eigenvalue weighted by molar-refractivity contribution is 0.102. The summed E-state index contributed by atoms with van der Waals surface area (Å²) in [5.41, 5.74) is 8.04. The smallest absolute Gasteiger partial charge is 0.169 e. The first-order valence-electron chi connectivity index (χ1n) is 3.34. The average molecular weight is 181 g/mol. The summed E-state index contributed by atoms with van der Waals surface area (Å²) in [7, 11) is 0. The summed E-state index contributed by atoms with van der Waals surface area (Å²) in [6.45, 7) is 1.84. The van der Waals surface area contributed by atoms with Gasteiger partial charge in [0.05, 0.1) is 11.4 Å². The van der Waals surface area contributed by atoms with Gasteiger partial charge < -0.3 is 0 Å². The third kappa shape index (κ3) is 2.08. The van der Waals surface area contributed by atoms with E-state index >= 15 is 0 Å². The second kappa shape index (κ2) is 3.90. The zero-order chi connectivity index (χ0) is 8.97. The van der Waals surface area contributed by atoms with Gasteiger partial charge in [0.25, 0.3) is 0 Å². The first-order chi connectivity index (χ1) is 5.74. The molecule has 0 atom stereocenters. The molecule has 0 saturated heterocycles. The van der Waals surface area contributed by atoms with Crippen molar-refractivity contribution in [2.75, 3.05) is 0 Å². The molecule has 12 heavy (non-hydrogen) atoms. The maximum Gasteiger partial charge on any atom is 0.169 e. The van der Waals surface area contributed by atoms with E-state index in [1.807, 2.05) is 0 Å². The lowest BCUT2D eigenvalue weighted by Crippen LogP contribution is -1.83. The highest BCUT2D eigenvalue weighted by Gasteiger charge is 2.02. The molecule has 1 rings (SSSR count). The van der Waals surface area contributed by atoms with E-state index < -0.39 is 0 Å². The highest BCUT2D eigenvalue weighted by Crippen LogP contribution is 2.17. The van der Waals surface area contributed by atoms with Gasteiger partial charge in [-0.15, -0.1) is 11.3 Å². The monoisotopic (exact) mass is 181 g/mol. The Hall–Kier alpha value is -1.32. The second-order valence-electron chi connectivity index (χ2n) is 2.21. The molecule has 0 fully saturated rings. The van der Waals surface area contributed by atoms with Crippen LogP contribution in [0, 0.1) is 0 Å². The Kier molecular flexibility index (Phi) is 2.85. The van der Waals surface area contributed by atoms with Crippen molar-refractivity contribution in [3.05, 3.63) is 32.3 Å². The lowest BCUT2D eigenvalue weighted by atomic mass is 10.3. The van der Waals surface area contributed by atoms with Crippen molar-refractivity contribution in [3.8, 4) is 0 Å². The van der Waals surface area contributed by atoms with E-state index in [1.165, 1.54) is 18.3 Å². The van der Waals surface area contributed by atoms with Crippen molar-refractivity contribution in [3.63, 3.8) is 0 Å². The number of Topliss-reactive ketones (excluding diaryl/α,β-unsaturated/α-hetero) is 1. The highest BCUT2D eigenvalue weighted by atomic mass is 32.1. The number of azide groups is 1. The topological polar surface area (TPSA) is 65.8 Å². The summed E-state index contributed by atoms with van der Waals surface area (Å²) < 4.78 is 0. The fourth-order valence-electron chi connectivity index (χ4n) is 0.753. The molecule has 0 unspecified atom stereocenters. The third-order valence-electron chi connectivity index (χ3n) is 1.30. The van der Waals surface area contributed by atoms with Crippen LogP contribution >= 0.6 is 11.3 Å². The molecule has 0 spiro atoms. The Morgan fingerprint density at radius 2 is 2.50 bits per heavy atom. The van der Waals surface area contributed by atoms with Crippen molar-refractivity contribution in [1.29, 1.82) is 0 Å². The van der Waals surface area contributed by atoms with E-state index in [4.69, 9.17) is 5.53 Å². The van der Waals surface area contributed by atoms with Gasteiger partial charge in [0.15, 0.2) is 5.78 Å². The molecule has 0 aliphatic carbocycles. The summed E-state index contributed by atoms with van der Waals surface area (Å²) in [4.78, 5) is 15.1. The fraction of sp³-hybridized carbons (Fsp3) is 0.286. The number of nitrogens with zero attached hydrogens (tertiary/aromatic N) is 3. The van der Waals surface area contributed by atoms with E-state index in [0.29, 0.717) is 11.4 Å². The molecule has 0 aliphatic rings. The molecule has 0 aliphatic heterocycles. The van der Waals surface area contributed by atoms with Crippen LogP contribution < -0.4 is 0 Å². The molecule has 0 bridgehead atoms. The van der Waals surface area contributed by atoms with Crippen LogP contribution in [0.25, 0.3) is 10.4 Å². The normalized spacial score (nSPS) is 9.08. The summed E-state index contributed by atoms with van der Waals surface area (Å²) in [5.74, 6) is 0.0483. The molecule has 1 aromatic heterocycles. The van der Waals surface area contributed by atoms with Gasteiger partial charge in [-0.2, -0.15) is 0 Å². The van der Waals surface area contributed by atoms with Crippen LogP contribution in [0.5, 0.6) is 0 Å². The third-order valence-corrected chi connectivity index (χ3v) is 2.47. The maximum atomic E-state index is 10.8. The highest BCUT2D eigenvalue weighted by molar-refractivity contribution is 7.14. The average Bonchev–Trinajstić information content (AvgIpc) is 2.48. The molecule has 1 heterocycles. The fourth-order valence-corrected chi connectivity index (χ4v) is 1.57. The molecule has 0 amide bonds. The van der Waals surface area contributed by atoms with Crippen LogP contribution in [0.15, 0.2) is 17.2 Å². The first-order valence-corrected chi connectivity index (χ1v) is 4.16. The van der Waals surface area contributed by atoms with Gasteiger partial charge in [0.1, 0.15) is 0 Å². The number of carbonyl (C=O) groups excluding carboxylic acids is 1. The Labute approximate surface area is 73.5 Å². The van der Waals surface area contributed by atoms with Gasteiger partial charge in [-0.05, 0) is 24.6 Å². The van der Waals surface area contributed by atoms with Crippen LogP contribution in [0.3, 0.4) is 0 Å². The molecule has 4 nitrogen and oxygen atoms in total. The summed E-state index contributed by atoms with van der Waals surface area (Å²) in [6, 6.07) is 3.55. The molecule has 62 valence electrons. The largest absolute Gasteiger partial charge is 0.294 e. The van der Waals surface area contributed by atoms with E-state index in [0.717, 1.165) is 4.88 Å². The maximum absolute atomic E-state index is 10.8. The number of rotatable bonds is 3. The summed E-state index contributed by atoms with van der Waals surface area (Å²) in [6.07, 6.45) is 0. The van der Waals surface area contributed by atoms with Crippen molar-refractivity contribution in [2.24, 2.45) is 5.11 Å². The first kappa shape index (κ1) is 8.77. The minimum Gasteiger partial charge on any atom is -0.294 e. The van der Waals surface area contributed by atoms with Gasteiger partial charge in [0.2, 0.25) is 0 Å². The molecule has 0 N–H and O–H groups in total. The van der Waals surface area contributed by atoms with E-state index in [-0.39, 0.29) is 5.78 Å². The van der Waals surface area contributed by atoms with E-state index in [9.17, 15) is 4.79 Å². The minimum atomic E-state index is 0.0483. The molecular weight excluding hydrogens is 174 g/mol. The SMILES string of the molecule is CC(=O)c1ccc(CN=[N+]=[N-])s1. The molecule has 1 aromatic rings. The predicted octanol–water partition coefficient (Wildman–Crippen LogP) is 2.76. The molecule has 0 radical (unpaired) electrons. The second-order valence-corrected chi connectivity index (χ2v) is 3.38. The van der Waals surface area contributed by atoms with Crippen molar-refractivity contribution < 1.29 is 4.79 Å². The zero-order valence-corrected chi connectivity index (χ0v) is 7.34. The predicted molar refractivity (Wildman–Crippen MR) is 47.2 cm³/mol. The van der Waals surface area contributed by atoms with Crippen molar-refractivity contribution >= 4 is 17.1 Å². The number of ketones is 1. The zero-order valence-electron chi connectivity index (χ0n) is 6.52. The standard InChI is InChI=1S/C7H7N3OS/c1-5(11)7-3-2-6(12-7)4-9-10-8/h2-3H,4H2,1H3. The van der Waals surface area contributed by atoms with Crippen LogP contribution in [0.2, 0.25) is 0 Å². The Bertz CT molecular complexity index is 338. The van der Waals surface area contributed by atoms with E-state index in [2.05, 4.69) is 10.0 Å². The summed E-state index contributed by atoms with van der Waals surface area (Å²) in [5, 5.41) is 3.39. The Balaban J connectivity index is 2.77. The number of carbonyl (C=O) groups is 1. The van der Waals surface area contributed by atoms with Gasteiger partial charge >= 0.3 is 0 Å². The van der Waals surface area contributed by atoms with Crippen LogP contribution in [-0.2, 0) is 6.54 Å². The lowest BCUT2D eigenvalue weighted by Gasteiger charge is -1.84. The number of hydrogen-bond donors (Lipinski definition) is 0. The molecule has 0 aromatic carbocycles. The van der Waals surface area contributed by atoms with Crippen molar-refractivity contribution in [1.82, 2.24) is 0 Å². The number of hydrogen-bond acceptors (Lipinski definition) is 3. The molecule has 5 heteroatoms. The van der Waals surface area contributed by atoms with Crippen LogP contribution in [0.4, 0.5) is 0 Å². The Morgan fingerprint density at radius 3 is 3.00 bits per heavy atom. The minimum absolute atomic E-state index is 0.0483. The van der Waals surface area contributed by atoms with Gasteiger partial charge in [-0.1, -0.05) is 5.11 Å². The van der Waals surface area contributed by atoms with Crippen molar-refractivity contribution in [2.45, 2.75) is 13.5 Å². The van der Waals surface area contributed by atoms with Gasteiger partial charge in [-0.3, -0.25) is 4.79 Å². The van der Waals surface area contributed by atoms with E-state index in [1.54, 1.807) is 12.1 Å².